The van der Waals surface area contributed by atoms with Gasteiger partial charge in [0.05, 0.1) is 21.7 Å². The molecule has 11 nitrogen and oxygen atoms in total. The molecule has 2 aliphatic carbocycles. The van der Waals surface area contributed by atoms with Gasteiger partial charge in [0.15, 0.2) is 0 Å². The molecule has 0 bridgehead atoms. The van der Waals surface area contributed by atoms with Crippen molar-refractivity contribution in [1.29, 1.82) is 0 Å². The average Bonchev–Trinajstić information content (AvgIpc) is 3.43. The van der Waals surface area contributed by atoms with Crippen molar-refractivity contribution in [2.45, 2.75) is 84.8 Å². The fourth-order valence-corrected chi connectivity index (χ4v) is 7.33. The normalized spacial score (nSPS) is 25.0. The predicted octanol–water partition coefficient (Wildman–Crippen LogP) is 5.54. The molecule has 0 unspecified atom stereocenters. The molecule has 1 saturated heterocycles. The molecule has 2 saturated carbocycles. The number of hydrogen-bond donors (Lipinski definition) is 1. The van der Waals surface area contributed by atoms with Crippen molar-refractivity contribution < 1.29 is 9.32 Å². The van der Waals surface area contributed by atoms with E-state index in [1.807, 2.05) is 12.1 Å². The van der Waals surface area contributed by atoms with E-state index in [0.29, 0.717) is 35.4 Å². The van der Waals surface area contributed by atoms with Crippen LogP contribution in [0.3, 0.4) is 0 Å². The lowest BCUT2D eigenvalue weighted by molar-refractivity contribution is -0.137. The topological polar surface area (TPSA) is 126 Å². The molecule has 5 heterocycles. The molecule has 3 aliphatic rings. The smallest absolute Gasteiger partial charge is 0.338 e. The van der Waals surface area contributed by atoms with Crippen LogP contribution in [0.15, 0.2) is 33.8 Å². The van der Waals surface area contributed by atoms with Crippen LogP contribution in [0.25, 0.3) is 33.8 Å². The van der Waals surface area contributed by atoms with Gasteiger partial charge in [-0.3, -0.25) is 19.3 Å². The van der Waals surface area contributed by atoms with Gasteiger partial charge in [0.1, 0.15) is 5.69 Å². The van der Waals surface area contributed by atoms with Crippen LogP contribution in [0, 0.1) is 17.3 Å². The number of rotatable bonds is 6. The Hall–Kier alpha value is -3.73. The standard InChI is InChI=1S/C32H39ClN8O3/c1-18-5-7-21(8-6-18)17-40-27-24(36-30(40)41-19(2)15-39(16-20(41)3)29(42)32(4)9-10-32)12-25(28-37-31(43)44-38-28)35-26(27)22-11-23(33)14-34-13-22/h11-14,18-21H,5-10,15-17H2,1-4H3,(H,37,38,43)/t18?,19-,20-,21?/m1/s1. The summed E-state index contributed by atoms with van der Waals surface area (Å²) in [5, 5.41) is 4.41. The van der Waals surface area contributed by atoms with Crippen LogP contribution in [0.5, 0.6) is 0 Å². The molecule has 1 aliphatic heterocycles. The minimum absolute atomic E-state index is 0.0580. The second kappa shape index (κ2) is 11.0. The van der Waals surface area contributed by atoms with E-state index in [2.05, 4.69) is 57.2 Å². The highest BCUT2D eigenvalue weighted by Gasteiger charge is 2.49. The summed E-state index contributed by atoms with van der Waals surface area (Å²) >= 11 is 6.43. The number of H-pyrrole nitrogens is 1. The number of carbonyl (C=O) groups excluding carboxylic acids is 1. The quantitative estimate of drug-likeness (QED) is 0.298. The molecule has 7 rings (SSSR count). The Labute approximate surface area is 261 Å². The molecule has 1 N–H and O–H groups in total. The molecule has 1 amide bonds. The van der Waals surface area contributed by atoms with Crippen molar-refractivity contribution in [3.8, 4) is 22.8 Å². The number of nitrogens with one attached hydrogen (secondary N) is 1. The first kappa shape index (κ1) is 29.0. The van der Waals surface area contributed by atoms with Crippen molar-refractivity contribution in [3.63, 3.8) is 0 Å². The Morgan fingerprint density at radius 1 is 1.07 bits per heavy atom. The third kappa shape index (κ3) is 5.29. The SMILES string of the molecule is CC1CCC(Cn2c(N3[C@H](C)CN(C(=O)C4(C)CC4)C[C@H]3C)nc3cc(-c4noc(=O)[nH]4)nc(-c4cncc(Cl)c4)c32)CC1. The van der Waals surface area contributed by atoms with E-state index >= 15 is 0 Å². The molecule has 3 fully saturated rings. The van der Waals surface area contributed by atoms with E-state index < -0.39 is 5.76 Å². The minimum atomic E-state index is -0.652. The van der Waals surface area contributed by atoms with E-state index in [-0.39, 0.29) is 29.2 Å². The number of amides is 1. The third-order valence-electron chi connectivity index (χ3n) is 9.90. The molecule has 0 spiro atoms. The molecule has 0 aromatic carbocycles. The number of aromatic amines is 1. The molecule has 232 valence electrons. The molecule has 4 aromatic rings. The molecule has 4 aromatic heterocycles. The zero-order valence-electron chi connectivity index (χ0n) is 25.7. The predicted molar refractivity (Wildman–Crippen MR) is 168 cm³/mol. The number of pyridine rings is 2. The van der Waals surface area contributed by atoms with Crippen LogP contribution >= 0.6 is 11.6 Å². The van der Waals surface area contributed by atoms with Crippen molar-refractivity contribution in [3.05, 3.63) is 40.1 Å². The first-order valence-electron chi connectivity index (χ1n) is 15.8. The van der Waals surface area contributed by atoms with Crippen LogP contribution in [-0.4, -0.2) is 65.6 Å². The highest BCUT2D eigenvalue weighted by atomic mass is 35.5. The molecular formula is C32H39ClN8O3. The van der Waals surface area contributed by atoms with Crippen molar-refractivity contribution in [2.24, 2.45) is 17.3 Å². The highest BCUT2D eigenvalue weighted by molar-refractivity contribution is 6.30. The van der Waals surface area contributed by atoms with Gasteiger partial charge in [0, 0.05) is 55.1 Å². The number of halogens is 1. The summed E-state index contributed by atoms with van der Waals surface area (Å²) in [5.74, 6) is 1.96. The lowest BCUT2D eigenvalue weighted by Gasteiger charge is -2.46. The van der Waals surface area contributed by atoms with Gasteiger partial charge in [-0.25, -0.2) is 14.8 Å². The number of hydrogen-bond acceptors (Lipinski definition) is 8. The maximum Gasteiger partial charge on any atom is 0.439 e. The van der Waals surface area contributed by atoms with Crippen LogP contribution in [-0.2, 0) is 11.3 Å². The average molecular weight is 619 g/mol. The zero-order valence-corrected chi connectivity index (χ0v) is 26.5. The van der Waals surface area contributed by atoms with Crippen LogP contribution in [0.4, 0.5) is 5.95 Å². The second-order valence-electron chi connectivity index (χ2n) is 13.6. The van der Waals surface area contributed by atoms with E-state index in [9.17, 15) is 9.59 Å². The van der Waals surface area contributed by atoms with Gasteiger partial charge in [-0.15, -0.1) is 0 Å². The first-order valence-corrected chi connectivity index (χ1v) is 16.1. The van der Waals surface area contributed by atoms with Gasteiger partial charge in [0.25, 0.3) is 0 Å². The number of anilines is 1. The Kier molecular flexibility index (Phi) is 7.26. The van der Waals surface area contributed by atoms with Gasteiger partial charge in [-0.2, -0.15) is 0 Å². The van der Waals surface area contributed by atoms with Gasteiger partial charge in [-0.05, 0) is 63.5 Å². The number of carbonyl (C=O) groups is 1. The maximum absolute atomic E-state index is 13.3. The maximum atomic E-state index is 13.3. The largest absolute Gasteiger partial charge is 0.439 e. The zero-order chi connectivity index (χ0) is 30.7. The van der Waals surface area contributed by atoms with E-state index in [4.69, 9.17) is 26.1 Å². The van der Waals surface area contributed by atoms with E-state index in [1.165, 1.54) is 12.8 Å². The molecule has 44 heavy (non-hydrogen) atoms. The Balaban J connectivity index is 1.38. The van der Waals surface area contributed by atoms with Gasteiger partial charge in [0.2, 0.25) is 17.7 Å². The summed E-state index contributed by atoms with van der Waals surface area (Å²) in [6, 6.07) is 3.82. The van der Waals surface area contributed by atoms with Crippen molar-refractivity contribution in [2.75, 3.05) is 18.0 Å². The third-order valence-corrected chi connectivity index (χ3v) is 10.1. The lowest BCUT2D eigenvalue weighted by Crippen LogP contribution is -2.60. The summed E-state index contributed by atoms with van der Waals surface area (Å²) in [6.07, 6.45) is 10.0. The van der Waals surface area contributed by atoms with Gasteiger partial charge in [-0.1, -0.05) is 43.4 Å². The number of fused-ring (bicyclic) bond motifs is 1. The summed E-state index contributed by atoms with van der Waals surface area (Å²) in [6.45, 7) is 10.9. The minimum Gasteiger partial charge on any atom is -0.338 e. The number of aromatic nitrogens is 6. The monoisotopic (exact) mass is 618 g/mol. The Bertz CT molecular complexity index is 1750. The second-order valence-corrected chi connectivity index (χ2v) is 14.0. The summed E-state index contributed by atoms with van der Waals surface area (Å²) < 4.78 is 7.15. The summed E-state index contributed by atoms with van der Waals surface area (Å²) in [4.78, 5) is 46.9. The van der Waals surface area contributed by atoms with Crippen LogP contribution in [0.2, 0.25) is 5.02 Å². The van der Waals surface area contributed by atoms with Gasteiger partial charge < -0.3 is 14.4 Å². The van der Waals surface area contributed by atoms with Crippen molar-refractivity contribution >= 4 is 34.5 Å². The van der Waals surface area contributed by atoms with Gasteiger partial charge >= 0.3 is 5.76 Å². The number of nitrogens with zero attached hydrogens (tertiary/aromatic N) is 7. The summed E-state index contributed by atoms with van der Waals surface area (Å²) in [5.41, 5.74) is 3.27. The molecular weight excluding hydrogens is 580 g/mol. The lowest BCUT2D eigenvalue weighted by atomic mass is 9.83. The fraction of sp³-hybridized carbons (Fsp3) is 0.562. The van der Waals surface area contributed by atoms with E-state index in [1.54, 1.807) is 12.4 Å². The van der Waals surface area contributed by atoms with Crippen molar-refractivity contribution in [1.82, 2.24) is 34.6 Å². The Morgan fingerprint density at radius 3 is 2.43 bits per heavy atom. The van der Waals surface area contributed by atoms with Crippen LogP contribution < -0.4 is 10.7 Å². The first-order chi connectivity index (χ1) is 21.1. The molecule has 0 radical (unpaired) electrons. The van der Waals surface area contributed by atoms with E-state index in [0.717, 1.165) is 60.7 Å². The number of piperazine rings is 1. The highest BCUT2D eigenvalue weighted by Crippen LogP contribution is 2.47. The molecule has 2 atom stereocenters. The Morgan fingerprint density at radius 2 is 1.80 bits per heavy atom. The molecule has 12 heteroatoms. The number of imidazole rings is 1. The summed E-state index contributed by atoms with van der Waals surface area (Å²) in [7, 11) is 0. The fourth-order valence-electron chi connectivity index (χ4n) is 7.15. The van der Waals surface area contributed by atoms with Crippen LogP contribution in [0.1, 0.15) is 66.2 Å².